The van der Waals surface area contributed by atoms with E-state index in [1.54, 1.807) is 37.6 Å². The molecule has 0 aliphatic carbocycles. The van der Waals surface area contributed by atoms with Crippen molar-refractivity contribution in [2.45, 2.75) is 19.3 Å². The van der Waals surface area contributed by atoms with Crippen LogP contribution in [0, 0.1) is 6.92 Å². The third kappa shape index (κ3) is 3.40. The first kappa shape index (κ1) is 16.8. The molecule has 0 bridgehead atoms. The number of aryl methyl sites for hydroxylation is 1. The Morgan fingerprint density at radius 3 is 2.52 bits per heavy atom. The van der Waals surface area contributed by atoms with Crippen LogP contribution in [0.5, 0.6) is 5.75 Å². The van der Waals surface area contributed by atoms with Crippen LogP contribution in [-0.4, -0.2) is 29.0 Å². The van der Waals surface area contributed by atoms with Crippen molar-refractivity contribution in [3.8, 4) is 5.75 Å². The lowest BCUT2D eigenvalue weighted by atomic mass is 9.91. The van der Waals surface area contributed by atoms with Crippen molar-refractivity contribution in [1.29, 1.82) is 0 Å². The Kier molecular flexibility index (Phi) is 4.57. The van der Waals surface area contributed by atoms with Crippen molar-refractivity contribution in [2.75, 3.05) is 7.11 Å². The van der Waals surface area contributed by atoms with E-state index in [1.165, 1.54) is 0 Å². The average Bonchev–Trinajstić information content (AvgIpc) is 3.02. The van der Waals surface area contributed by atoms with E-state index in [2.05, 4.69) is 4.98 Å². The quantitative estimate of drug-likeness (QED) is 0.668. The molecule has 128 valence electrons. The molecule has 3 aromatic rings. The number of carboxylic acid groups (broad SMARTS) is 1. The summed E-state index contributed by atoms with van der Waals surface area (Å²) in [4.78, 5) is 27.4. The molecule has 3 rings (SSSR count). The van der Waals surface area contributed by atoms with Crippen LogP contribution in [0.2, 0.25) is 0 Å². The highest BCUT2D eigenvalue weighted by Crippen LogP contribution is 2.31. The summed E-state index contributed by atoms with van der Waals surface area (Å²) in [5.41, 5.74) is 2.97. The molecule has 0 amide bonds. The molecule has 0 radical (unpaired) electrons. The standard InChI is InChI=1S/C20H19NO4/c1-12-3-5-13(6-4-12)19(22)10-16(20(23)24)17-11-21-18-8-7-14(25-2)9-15(17)18/h3-9,11,16,21H,10H2,1-2H3,(H,23,24). The molecule has 0 aliphatic rings. The third-order valence-corrected chi connectivity index (χ3v) is 4.36. The zero-order valence-electron chi connectivity index (χ0n) is 14.1. The van der Waals surface area contributed by atoms with E-state index in [0.717, 1.165) is 16.5 Å². The second-order valence-electron chi connectivity index (χ2n) is 6.04. The van der Waals surface area contributed by atoms with Crippen LogP contribution < -0.4 is 4.74 Å². The molecule has 0 spiro atoms. The number of nitrogens with one attached hydrogen (secondary N) is 1. The topological polar surface area (TPSA) is 79.4 Å². The Labute approximate surface area is 145 Å². The number of H-pyrrole nitrogens is 1. The summed E-state index contributed by atoms with van der Waals surface area (Å²) >= 11 is 0. The summed E-state index contributed by atoms with van der Waals surface area (Å²) in [5.74, 6) is -1.49. The first-order chi connectivity index (χ1) is 12.0. The second-order valence-corrected chi connectivity index (χ2v) is 6.04. The highest BCUT2D eigenvalue weighted by molar-refractivity contribution is 6.00. The number of carboxylic acids is 1. The molecular formula is C20H19NO4. The number of carbonyl (C=O) groups is 2. The first-order valence-corrected chi connectivity index (χ1v) is 7.97. The number of benzene rings is 2. The van der Waals surface area contributed by atoms with E-state index in [1.807, 2.05) is 25.1 Å². The van der Waals surface area contributed by atoms with Gasteiger partial charge in [0.1, 0.15) is 5.75 Å². The molecule has 0 fully saturated rings. The Bertz CT molecular complexity index is 925. The van der Waals surface area contributed by atoms with Crippen LogP contribution >= 0.6 is 0 Å². The maximum absolute atomic E-state index is 12.5. The van der Waals surface area contributed by atoms with Crippen LogP contribution in [0.25, 0.3) is 10.9 Å². The van der Waals surface area contributed by atoms with E-state index in [9.17, 15) is 14.7 Å². The van der Waals surface area contributed by atoms with Gasteiger partial charge in [-0.2, -0.15) is 0 Å². The molecule has 2 N–H and O–H groups in total. The van der Waals surface area contributed by atoms with E-state index in [4.69, 9.17) is 4.74 Å². The fourth-order valence-electron chi connectivity index (χ4n) is 2.91. The molecule has 0 saturated heterocycles. The van der Waals surface area contributed by atoms with Gasteiger partial charge in [-0.3, -0.25) is 9.59 Å². The Hall–Kier alpha value is -3.08. The maximum atomic E-state index is 12.5. The number of aromatic amines is 1. The number of hydrogen-bond donors (Lipinski definition) is 2. The maximum Gasteiger partial charge on any atom is 0.311 e. The number of aliphatic carboxylic acids is 1. The molecule has 5 heteroatoms. The number of ketones is 1. The van der Waals surface area contributed by atoms with Crippen LogP contribution in [0.1, 0.15) is 33.8 Å². The van der Waals surface area contributed by atoms with Gasteiger partial charge in [0.25, 0.3) is 0 Å². The van der Waals surface area contributed by atoms with E-state index < -0.39 is 11.9 Å². The van der Waals surface area contributed by atoms with E-state index >= 15 is 0 Å². The smallest absolute Gasteiger partial charge is 0.311 e. The van der Waals surface area contributed by atoms with Gasteiger partial charge in [0.2, 0.25) is 0 Å². The molecule has 1 heterocycles. The summed E-state index contributed by atoms with van der Waals surface area (Å²) in [5, 5.41) is 10.4. The van der Waals surface area contributed by atoms with Gasteiger partial charge >= 0.3 is 5.97 Å². The molecule has 5 nitrogen and oxygen atoms in total. The summed E-state index contributed by atoms with van der Waals surface area (Å²) in [6, 6.07) is 12.6. The average molecular weight is 337 g/mol. The highest BCUT2D eigenvalue weighted by atomic mass is 16.5. The van der Waals surface area contributed by atoms with Crippen LogP contribution in [0.4, 0.5) is 0 Å². The minimum absolute atomic E-state index is 0.0947. The predicted molar refractivity (Wildman–Crippen MR) is 95.4 cm³/mol. The van der Waals surface area contributed by atoms with Crippen molar-refractivity contribution in [3.63, 3.8) is 0 Å². The number of hydrogen-bond acceptors (Lipinski definition) is 3. The molecule has 1 aromatic heterocycles. The number of Topliss-reactive ketones (excluding diaryl/α,β-unsaturated/α-hetero) is 1. The monoisotopic (exact) mass is 337 g/mol. The van der Waals surface area contributed by atoms with Gasteiger partial charge < -0.3 is 14.8 Å². The largest absolute Gasteiger partial charge is 0.497 e. The zero-order valence-corrected chi connectivity index (χ0v) is 14.1. The van der Waals surface area contributed by atoms with Crippen LogP contribution in [-0.2, 0) is 4.79 Å². The molecule has 2 aromatic carbocycles. The lowest BCUT2D eigenvalue weighted by Gasteiger charge is -2.12. The summed E-state index contributed by atoms with van der Waals surface area (Å²) in [7, 11) is 1.56. The van der Waals surface area contributed by atoms with Crippen molar-refractivity contribution < 1.29 is 19.4 Å². The Morgan fingerprint density at radius 2 is 1.88 bits per heavy atom. The second kappa shape index (κ2) is 6.81. The minimum Gasteiger partial charge on any atom is -0.497 e. The van der Waals surface area contributed by atoms with Gasteiger partial charge in [-0.05, 0) is 30.7 Å². The molecule has 1 unspecified atom stereocenters. The lowest BCUT2D eigenvalue weighted by molar-refractivity contribution is -0.138. The van der Waals surface area contributed by atoms with Crippen molar-refractivity contribution in [1.82, 2.24) is 4.98 Å². The fraction of sp³-hybridized carbons (Fsp3) is 0.200. The minimum atomic E-state index is -1.02. The molecule has 0 saturated carbocycles. The number of aromatic nitrogens is 1. The van der Waals surface area contributed by atoms with Crippen LogP contribution in [0.15, 0.2) is 48.7 Å². The van der Waals surface area contributed by atoms with Crippen LogP contribution in [0.3, 0.4) is 0 Å². The van der Waals surface area contributed by atoms with E-state index in [-0.39, 0.29) is 12.2 Å². The highest BCUT2D eigenvalue weighted by Gasteiger charge is 2.26. The van der Waals surface area contributed by atoms with Gasteiger partial charge in [0.15, 0.2) is 5.78 Å². The number of carbonyl (C=O) groups excluding carboxylic acids is 1. The van der Waals surface area contributed by atoms with Gasteiger partial charge in [-0.15, -0.1) is 0 Å². The van der Waals surface area contributed by atoms with Crippen molar-refractivity contribution >= 4 is 22.7 Å². The van der Waals surface area contributed by atoms with Gasteiger partial charge in [-0.1, -0.05) is 29.8 Å². The third-order valence-electron chi connectivity index (χ3n) is 4.36. The fourth-order valence-corrected chi connectivity index (χ4v) is 2.91. The zero-order chi connectivity index (χ0) is 18.0. The summed E-state index contributed by atoms with van der Waals surface area (Å²) in [6.45, 7) is 1.94. The van der Waals surface area contributed by atoms with Crippen molar-refractivity contribution in [3.05, 3.63) is 65.4 Å². The van der Waals surface area contributed by atoms with Gasteiger partial charge in [-0.25, -0.2) is 0 Å². The molecule has 25 heavy (non-hydrogen) atoms. The number of ether oxygens (including phenoxy) is 1. The van der Waals surface area contributed by atoms with Gasteiger partial charge in [0.05, 0.1) is 13.0 Å². The molecule has 0 aliphatic heterocycles. The Morgan fingerprint density at radius 1 is 1.16 bits per heavy atom. The summed E-state index contributed by atoms with van der Waals surface area (Å²) in [6.07, 6.45) is 1.56. The predicted octanol–water partition coefficient (Wildman–Crippen LogP) is 3.93. The van der Waals surface area contributed by atoms with Crippen molar-refractivity contribution in [2.24, 2.45) is 0 Å². The molecular weight excluding hydrogens is 318 g/mol. The number of fused-ring (bicyclic) bond motifs is 1. The SMILES string of the molecule is COc1ccc2[nH]cc(C(CC(=O)c3ccc(C)cc3)C(=O)O)c2c1. The number of rotatable bonds is 6. The Balaban J connectivity index is 1.95. The molecule has 1 atom stereocenters. The first-order valence-electron chi connectivity index (χ1n) is 7.97. The van der Waals surface area contributed by atoms with E-state index in [0.29, 0.717) is 16.9 Å². The normalized spacial score (nSPS) is 12.1. The number of methoxy groups -OCH3 is 1. The van der Waals surface area contributed by atoms with Gasteiger partial charge in [0, 0.05) is 29.1 Å². The summed E-state index contributed by atoms with van der Waals surface area (Å²) < 4.78 is 5.22. The lowest BCUT2D eigenvalue weighted by Crippen LogP contribution is -2.16.